The van der Waals surface area contributed by atoms with E-state index in [0.29, 0.717) is 16.0 Å². The van der Waals surface area contributed by atoms with Crippen molar-refractivity contribution in [1.82, 2.24) is 19.5 Å². The van der Waals surface area contributed by atoms with Crippen molar-refractivity contribution in [2.45, 2.75) is 20.3 Å². The summed E-state index contributed by atoms with van der Waals surface area (Å²) in [4.78, 5) is 38.8. The molecule has 32 heavy (non-hydrogen) atoms. The van der Waals surface area contributed by atoms with Crippen molar-refractivity contribution < 1.29 is 9.59 Å². The molecule has 10 heteroatoms. The van der Waals surface area contributed by atoms with Gasteiger partial charge in [0.25, 0.3) is 0 Å². The van der Waals surface area contributed by atoms with Crippen LogP contribution in [0.15, 0.2) is 48.1 Å². The number of carbonyl (C=O) groups excluding carboxylic acids is 2. The Morgan fingerprint density at radius 2 is 1.88 bits per heavy atom. The van der Waals surface area contributed by atoms with Crippen LogP contribution in [0.2, 0.25) is 0 Å². The number of hydrogen-bond donors (Lipinski definition) is 2. The molecule has 0 aliphatic rings. The Labute approximate surface area is 193 Å². The summed E-state index contributed by atoms with van der Waals surface area (Å²) in [7, 11) is 1.92. The summed E-state index contributed by atoms with van der Waals surface area (Å²) in [5, 5.41) is 8.39. The molecule has 0 radical (unpaired) electrons. The molecule has 3 aromatic heterocycles. The van der Waals surface area contributed by atoms with E-state index in [-0.39, 0.29) is 24.2 Å². The van der Waals surface area contributed by atoms with Crippen LogP contribution in [0.3, 0.4) is 0 Å². The highest BCUT2D eigenvalue weighted by atomic mass is 32.1. The van der Waals surface area contributed by atoms with E-state index >= 15 is 0 Å². The zero-order valence-electron chi connectivity index (χ0n) is 17.8. The normalized spacial score (nSPS) is 11.0. The second-order valence-electron chi connectivity index (χ2n) is 7.44. The predicted molar refractivity (Wildman–Crippen MR) is 128 cm³/mol. The van der Waals surface area contributed by atoms with E-state index in [2.05, 4.69) is 25.6 Å². The lowest BCUT2D eigenvalue weighted by Gasteiger charge is -2.03. The minimum Gasteiger partial charge on any atom is -0.333 e. The van der Waals surface area contributed by atoms with Crippen LogP contribution < -0.4 is 10.6 Å². The summed E-state index contributed by atoms with van der Waals surface area (Å²) in [5.41, 5.74) is 2.32. The standard InChI is InChI=1S/C22H22N6O2S2/c1-13(2)20(30)27-21-24-15(12-31-21)11-16(29)25-22-26-17(14-7-5-4-6-8-14)18(32-22)19-23-9-10-28(19)3/h4-10,12-13H,11H2,1-3H3,(H,24,27,30)(H,25,26,29). The van der Waals surface area contributed by atoms with E-state index in [4.69, 9.17) is 0 Å². The summed E-state index contributed by atoms with van der Waals surface area (Å²) < 4.78 is 1.92. The Morgan fingerprint density at radius 3 is 2.56 bits per heavy atom. The molecule has 0 aliphatic heterocycles. The molecule has 0 atom stereocenters. The summed E-state index contributed by atoms with van der Waals surface area (Å²) in [5.74, 6) is 0.319. The molecule has 4 rings (SSSR count). The molecule has 0 saturated carbocycles. The molecule has 0 spiro atoms. The molecule has 0 bridgehead atoms. The molecule has 1 aromatic carbocycles. The van der Waals surface area contributed by atoms with Crippen LogP contribution in [0.25, 0.3) is 22.0 Å². The fraction of sp³-hybridized carbons (Fsp3) is 0.227. The van der Waals surface area contributed by atoms with Gasteiger partial charge in [-0.2, -0.15) is 0 Å². The molecule has 0 saturated heterocycles. The summed E-state index contributed by atoms with van der Waals surface area (Å²) in [6.45, 7) is 3.63. The minimum absolute atomic E-state index is 0.0893. The smallest absolute Gasteiger partial charge is 0.232 e. The monoisotopic (exact) mass is 466 g/mol. The van der Waals surface area contributed by atoms with Gasteiger partial charge in [-0.05, 0) is 0 Å². The Morgan fingerprint density at radius 1 is 1.09 bits per heavy atom. The number of hydrogen-bond acceptors (Lipinski definition) is 7. The first kappa shape index (κ1) is 21.8. The van der Waals surface area contributed by atoms with Gasteiger partial charge in [-0.15, -0.1) is 11.3 Å². The van der Waals surface area contributed by atoms with Crippen LogP contribution in [-0.4, -0.2) is 31.3 Å². The van der Waals surface area contributed by atoms with Gasteiger partial charge in [-0.25, -0.2) is 15.0 Å². The number of amides is 2. The highest BCUT2D eigenvalue weighted by Crippen LogP contribution is 2.38. The fourth-order valence-corrected chi connectivity index (χ4v) is 4.68. The van der Waals surface area contributed by atoms with Crippen LogP contribution in [0, 0.1) is 5.92 Å². The molecule has 4 aromatic rings. The van der Waals surface area contributed by atoms with Crippen LogP contribution in [0.5, 0.6) is 0 Å². The van der Waals surface area contributed by atoms with Gasteiger partial charge in [0.15, 0.2) is 16.1 Å². The first-order chi connectivity index (χ1) is 15.4. The Bertz CT molecular complexity index is 1240. The van der Waals surface area contributed by atoms with Crippen molar-refractivity contribution in [2.75, 3.05) is 10.6 Å². The SMILES string of the molecule is CC(C)C(=O)Nc1nc(CC(=O)Nc2nc(-c3ccccc3)c(-c3nccn3C)s2)cs1. The number of thiazole rings is 2. The van der Waals surface area contributed by atoms with Crippen LogP contribution in [-0.2, 0) is 23.1 Å². The number of aromatic nitrogens is 4. The molecule has 0 unspecified atom stereocenters. The van der Waals surface area contributed by atoms with E-state index in [1.165, 1.54) is 22.7 Å². The van der Waals surface area contributed by atoms with Crippen LogP contribution >= 0.6 is 22.7 Å². The number of aryl methyl sites for hydroxylation is 1. The molecule has 8 nitrogen and oxygen atoms in total. The average molecular weight is 467 g/mol. The lowest BCUT2D eigenvalue weighted by molar-refractivity contribution is -0.119. The highest BCUT2D eigenvalue weighted by molar-refractivity contribution is 7.19. The molecule has 2 N–H and O–H groups in total. The molecular formula is C22H22N6O2S2. The van der Waals surface area contributed by atoms with Crippen LogP contribution in [0.4, 0.5) is 10.3 Å². The van der Waals surface area contributed by atoms with E-state index in [1.54, 1.807) is 11.6 Å². The third kappa shape index (κ3) is 4.92. The largest absolute Gasteiger partial charge is 0.333 e. The van der Waals surface area contributed by atoms with Gasteiger partial charge >= 0.3 is 0 Å². The fourth-order valence-electron chi connectivity index (χ4n) is 2.92. The number of benzene rings is 1. The lowest BCUT2D eigenvalue weighted by atomic mass is 10.1. The topological polar surface area (TPSA) is 102 Å². The van der Waals surface area contributed by atoms with Gasteiger partial charge in [0.1, 0.15) is 0 Å². The third-order valence-electron chi connectivity index (χ3n) is 4.59. The number of nitrogens with zero attached hydrogens (tertiary/aromatic N) is 4. The Kier molecular flexibility index (Phi) is 6.42. The highest BCUT2D eigenvalue weighted by Gasteiger charge is 2.19. The summed E-state index contributed by atoms with van der Waals surface area (Å²) >= 11 is 2.68. The molecular weight excluding hydrogens is 444 g/mol. The van der Waals surface area contributed by atoms with Gasteiger partial charge in [-0.1, -0.05) is 55.5 Å². The van der Waals surface area contributed by atoms with E-state index < -0.39 is 0 Å². The second-order valence-corrected chi connectivity index (χ2v) is 9.29. The summed E-state index contributed by atoms with van der Waals surface area (Å²) in [6, 6.07) is 9.81. The van der Waals surface area contributed by atoms with Crippen molar-refractivity contribution in [3.05, 3.63) is 53.8 Å². The van der Waals surface area contributed by atoms with Gasteiger partial charge in [0.05, 0.1) is 22.7 Å². The first-order valence-electron chi connectivity index (χ1n) is 9.99. The van der Waals surface area contributed by atoms with Crippen LogP contribution in [0.1, 0.15) is 19.5 Å². The zero-order valence-corrected chi connectivity index (χ0v) is 19.5. The molecule has 164 valence electrons. The van der Waals surface area contributed by atoms with E-state index in [9.17, 15) is 9.59 Å². The average Bonchev–Trinajstić information content (AvgIpc) is 3.48. The Balaban J connectivity index is 1.52. The molecule has 0 fully saturated rings. The Hall–Kier alpha value is -3.37. The number of rotatable bonds is 7. The minimum atomic E-state index is -0.225. The first-order valence-corrected chi connectivity index (χ1v) is 11.7. The van der Waals surface area contributed by atoms with E-state index in [1.807, 2.05) is 62.0 Å². The molecule has 2 amide bonds. The van der Waals surface area contributed by atoms with Gasteiger partial charge in [0, 0.05) is 36.3 Å². The van der Waals surface area contributed by atoms with Gasteiger partial charge < -0.3 is 15.2 Å². The van der Waals surface area contributed by atoms with Gasteiger partial charge in [0.2, 0.25) is 11.8 Å². The maximum atomic E-state index is 12.6. The maximum absolute atomic E-state index is 12.6. The van der Waals surface area contributed by atoms with Crippen molar-refractivity contribution in [2.24, 2.45) is 13.0 Å². The number of imidazole rings is 1. The molecule has 3 heterocycles. The lowest BCUT2D eigenvalue weighted by Crippen LogP contribution is -2.18. The quantitative estimate of drug-likeness (QED) is 0.419. The van der Waals surface area contributed by atoms with E-state index in [0.717, 1.165) is 22.0 Å². The van der Waals surface area contributed by atoms with Crippen molar-refractivity contribution in [3.63, 3.8) is 0 Å². The van der Waals surface area contributed by atoms with Crippen molar-refractivity contribution >= 4 is 44.8 Å². The third-order valence-corrected chi connectivity index (χ3v) is 6.37. The molecule has 0 aliphatic carbocycles. The van der Waals surface area contributed by atoms with Gasteiger partial charge in [-0.3, -0.25) is 9.59 Å². The number of anilines is 2. The second kappa shape index (κ2) is 9.41. The predicted octanol–water partition coefficient (Wildman–Crippen LogP) is 4.44. The number of carbonyl (C=O) groups is 2. The number of nitrogens with one attached hydrogen (secondary N) is 2. The van der Waals surface area contributed by atoms with Crippen molar-refractivity contribution in [1.29, 1.82) is 0 Å². The zero-order chi connectivity index (χ0) is 22.7. The van der Waals surface area contributed by atoms with Crippen molar-refractivity contribution in [3.8, 4) is 22.0 Å². The summed E-state index contributed by atoms with van der Waals surface area (Å²) in [6.07, 6.45) is 3.70. The maximum Gasteiger partial charge on any atom is 0.232 e.